The van der Waals surface area contributed by atoms with E-state index in [9.17, 15) is 4.79 Å². The topological polar surface area (TPSA) is 55.1 Å². The molecule has 0 saturated carbocycles. The maximum atomic E-state index is 12.0. The van der Waals surface area contributed by atoms with E-state index >= 15 is 0 Å². The van der Waals surface area contributed by atoms with E-state index in [1.165, 1.54) is 0 Å². The molecule has 0 aliphatic rings. The van der Waals surface area contributed by atoms with Gasteiger partial charge in [-0.15, -0.1) is 0 Å². The first-order chi connectivity index (χ1) is 9.04. The van der Waals surface area contributed by atoms with E-state index in [0.717, 1.165) is 21.3 Å². The van der Waals surface area contributed by atoms with E-state index in [2.05, 4.69) is 21.2 Å². The third-order valence-corrected chi connectivity index (χ3v) is 3.37. The molecule has 3 nitrogen and oxygen atoms in total. The fourth-order valence-corrected chi connectivity index (χ4v) is 2.33. The van der Waals surface area contributed by atoms with Crippen molar-refractivity contribution in [3.05, 3.63) is 58.1 Å². The zero-order chi connectivity index (χ0) is 13.8. The van der Waals surface area contributed by atoms with Crippen LogP contribution in [0, 0.1) is 6.92 Å². The number of carbonyl (C=O) groups is 1. The molecule has 0 atom stereocenters. The van der Waals surface area contributed by atoms with Crippen LogP contribution in [0.5, 0.6) is 0 Å². The van der Waals surface area contributed by atoms with Crippen molar-refractivity contribution in [1.29, 1.82) is 0 Å². The molecule has 2 aromatic rings. The van der Waals surface area contributed by atoms with E-state index in [-0.39, 0.29) is 5.91 Å². The lowest BCUT2D eigenvalue weighted by Gasteiger charge is -2.08. The highest BCUT2D eigenvalue weighted by Crippen LogP contribution is 2.24. The standard InChI is InChI=1S/C15H15BrN2O/c1-10-3-2-4-11(7-10)8-15(19)18-14-6-5-12(17)9-13(14)16/h2-7,9H,8,17H2,1H3,(H,18,19). The molecule has 0 spiro atoms. The molecule has 4 heteroatoms. The molecule has 1 amide bonds. The maximum Gasteiger partial charge on any atom is 0.228 e. The fraction of sp³-hybridized carbons (Fsp3) is 0.133. The number of aryl methyl sites for hydroxylation is 1. The van der Waals surface area contributed by atoms with Gasteiger partial charge in [-0.25, -0.2) is 0 Å². The Morgan fingerprint density at radius 1 is 1.26 bits per heavy atom. The first kappa shape index (κ1) is 13.6. The lowest BCUT2D eigenvalue weighted by Crippen LogP contribution is -2.14. The number of hydrogen-bond acceptors (Lipinski definition) is 2. The van der Waals surface area contributed by atoms with Crippen molar-refractivity contribution in [2.24, 2.45) is 0 Å². The predicted octanol–water partition coefficient (Wildman–Crippen LogP) is 3.52. The Hall–Kier alpha value is -1.81. The van der Waals surface area contributed by atoms with Gasteiger partial charge in [0.2, 0.25) is 5.91 Å². The van der Waals surface area contributed by atoms with Crippen LogP contribution in [-0.4, -0.2) is 5.91 Å². The molecule has 3 N–H and O–H groups in total. The van der Waals surface area contributed by atoms with Gasteiger partial charge in [-0.1, -0.05) is 29.8 Å². The molecule has 2 aromatic carbocycles. The second-order valence-corrected chi connectivity index (χ2v) is 5.31. The molecule has 0 aliphatic carbocycles. The summed E-state index contributed by atoms with van der Waals surface area (Å²) < 4.78 is 0.782. The summed E-state index contributed by atoms with van der Waals surface area (Å²) >= 11 is 3.38. The van der Waals surface area contributed by atoms with E-state index < -0.39 is 0 Å². The van der Waals surface area contributed by atoms with E-state index in [1.807, 2.05) is 31.2 Å². The molecule has 0 aliphatic heterocycles. The third-order valence-electron chi connectivity index (χ3n) is 2.71. The molecular formula is C15H15BrN2O. The van der Waals surface area contributed by atoms with Crippen molar-refractivity contribution in [3.63, 3.8) is 0 Å². The highest BCUT2D eigenvalue weighted by atomic mass is 79.9. The number of carbonyl (C=O) groups excluding carboxylic acids is 1. The average molecular weight is 319 g/mol. The molecule has 0 radical (unpaired) electrons. The minimum Gasteiger partial charge on any atom is -0.399 e. The van der Waals surface area contributed by atoms with Crippen molar-refractivity contribution in [3.8, 4) is 0 Å². The summed E-state index contributed by atoms with van der Waals surface area (Å²) in [7, 11) is 0. The van der Waals surface area contributed by atoms with Gasteiger partial charge in [0.1, 0.15) is 0 Å². The SMILES string of the molecule is Cc1cccc(CC(=O)Nc2ccc(N)cc2Br)c1. The molecule has 19 heavy (non-hydrogen) atoms. The molecule has 0 aromatic heterocycles. The lowest BCUT2D eigenvalue weighted by molar-refractivity contribution is -0.115. The van der Waals surface area contributed by atoms with Gasteiger partial charge in [0, 0.05) is 10.2 Å². The summed E-state index contributed by atoms with van der Waals surface area (Å²) in [5.41, 5.74) is 9.20. The van der Waals surface area contributed by atoms with Crippen molar-refractivity contribution in [2.75, 3.05) is 11.1 Å². The van der Waals surface area contributed by atoms with Crippen LogP contribution in [0.3, 0.4) is 0 Å². The van der Waals surface area contributed by atoms with Crippen LogP contribution in [0.2, 0.25) is 0 Å². The molecule has 0 unspecified atom stereocenters. The molecular weight excluding hydrogens is 304 g/mol. The minimum absolute atomic E-state index is 0.0453. The maximum absolute atomic E-state index is 12.0. The number of rotatable bonds is 3. The number of nitrogen functional groups attached to an aromatic ring is 1. The van der Waals surface area contributed by atoms with Gasteiger partial charge in [0.25, 0.3) is 0 Å². The van der Waals surface area contributed by atoms with Gasteiger partial charge in [0.05, 0.1) is 12.1 Å². The zero-order valence-electron chi connectivity index (χ0n) is 10.6. The molecule has 98 valence electrons. The van der Waals surface area contributed by atoms with Gasteiger partial charge >= 0.3 is 0 Å². The Kier molecular flexibility index (Phi) is 4.22. The first-order valence-electron chi connectivity index (χ1n) is 5.95. The van der Waals surface area contributed by atoms with Crippen molar-refractivity contribution < 1.29 is 4.79 Å². The zero-order valence-corrected chi connectivity index (χ0v) is 12.2. The molecule has 2 rings (SSSR count). The third kappa shape index (κ3) is 3.83. The summed E-state index contributed by atoms with van der Waals surface area (Å²) in [6.07, 6.45) is 0.360. The van der Waals surface area contributed by atoms with Crippen molar-refractivity contribution >= 4 is 33.2 Å². The van der Waals surface area contributed by atoms with E-state index in [0.29, 0.717) is 12.1 Å². The van der Waals surface area contributed by atoms with Crippen LogP contribution in [0.25, 0.3) is 0 Å². The Balaban J connectivity index is 2.05. The number of nitrogens with one attached hydrogen (secondary N) is 1. The quantitative estimate of drug-likeness (QED) is 0.851. The number of benzene rings is 2. The summed E-state index contributed by atoms with van der Waals surface area (Å²) in [4.78, 5) is 12.0. The highest BCUT2D eigenvalue weighted by Gasteiger charge is 2.07. The first-order valence-corrected chi connectivity index (χ1v) is 6.74. The Labute approximate surface area is 121 Å². The van der Waals surface area contributed by atoms with Gasteiger partial charge in [-0.05, 0) is 46.6 Å². The summed E-state index contributed by atoms with van der Waals surface area (Å²) in [5.74, 6) is -0.0453. The summed E-state index contributed by atoms with van der Waals surface area (Å²) in [6, 6.07) is 13.2. The smallest absolute Gasteiger partial charge is 0.228 e. The normalized spacial score (nSPS) is 10.2. The van der Waals surface area contributed by atoms with Crippen LogP contribution >= 0.6 is 15.9 Å². The molecule has 0 fully saturated rings. The van der Waals surface area contributed by atoms with Crippen LogP contribution in [0.4, 0.5) is 11.4 Å². The molecule has 0 saturated heterocycles. The Morgan fingerprint density at radius 3 is 2.74 bits per heavy atom. The molecule has 0 bridgehead atoms. The second-order valence-electron chi connectivity index (χ2n) is 4.45. The summed E-state index contributed by atoms with van der Waals surface area (Å²) in [5, 5.41) is 2.86. The van der Waals surface area contributed by atoms with E-state index in [4.69, 9.17) is 5.73 Å². The van der Waals surface area contributed by atoms with Crippen molar-refractivity contribution in [2.45, 2.75) is 13.3 Å². The number of amides is 1. The second kappa shape index (κ2) is 5.89. The van der Waals surface area contributed by atoms with Gasteiger partial charge < -0.3 is 11.1 Å². The average Bonchev–Trinajstić information content (AvgIpc) is 2.33. The van der Waals surface area contributed by atoms with Crippen LogP contribution < -0.4 is 11.1 Å². The highest BCUT2D eigenvalue weighted by molar-refractivity contribution is 9.10. The number of hydrogen-bond donors (Lipinski definition) is 2. The van der Waals surface area contributed by atoms with Crippen LogP contribution in [0.15, 0.2) is 46.9 Å². The van der Waals surface area contributed by atoms with Gasteiger partial charge in [-0.3, -0.25) is 4.79 Å². The fourth-order valence-electron chi connectivity index (χ4n) is 1.83. The van der Waals surface area contributed by atoms with Crippen LogP contribution in [-0.2, 0) is 11.2 Å². The van der Waals surface area contributed by atoms with Crippen LogP contribution in [0.1, 0.15) is 11.1 Å². The van der Waals surface area contributed by atoms with E-state index in [1.54, 1.807) is 18.2 Å². The number of nitrogens with two attached hydrogens (primary N) is 1. The number of halogens is 1. The van der Waals surface area contributed by atoms with Gasteiger partial charge in [-0.2, -0.15) is 0 Å². The van der Waals surface area contributed by atoms with Gasteiger partial charge in [0.15, 0.2) is 0 Å². The Bertz CT molecular complexity index is 611. The van der Waals surface area contributed by atoms with Crippen molar-refractivity contribution in [1.82, 2.24) is 0 Å². The minimum atomic E-state index is -0.0453. The lowest BCUT2D eigenvalue weighted by atomic mass is 10.1. The molecule has 0 heterocycles. The number of anilines is 2. The predicted molar refractivity (Wildman–Crippen MR) is 82.1 cm³/mol. The largest absolute Gasteiger partial charge is 0.399 e. The Morgan fingerprint density at radius 2 is 2.05 bits per heavy atom. The summed E-state index contributed by atoms with van der Waals surface area (Å²) in [6.45, 7) is 2.01. The monoisotopic (exact) mass is 318 g/mol.